The lowest BCUT2D eigenvalue weighted by molar-refractivity contribution is -0.136. The first kappa shape index (κ1) is 15.6. The van der Waals surface area contributed by atoms with Crippen LogP contribution in [-0.2, 0) is 4.79 Å². The highest BCUT2D eigenvalue weighted by molar-refractivity contribution is 5.86. The van der Waals surface area contributed by atoms with Crippen molar-refractivity contribution in [2.24, 2.45) is 0 Å². The zero-order valence-electron chi connectivity index (χ0n) is 10.6. The second-order valence-electron chi connectivity index (χ2n) is 4.43. The van der Waals surface area contributed by atoms with Gasteiger partial charge in [-0.05, 0) is 12.8 Å². The molecule has 0 aromatic heterocycles. The number of carbonyl (C=O) groups excluding carboxylic acids is 1. The monoisotopic (exact) mass is 230 g/mol. The van der Waals surface area contributed by atoms with E-state index in [-0.39, 0.29) is 0 Å². The number of ketones is 1. The number of hydrogen-bond acceptors (Lipinski definition) is 3. The fraction of sp³-hybridized carbons (Fsp3) is 0.923. The Kier molecular flexibility index (Phi) is 9.54. The number of rotatable bonds is 10. The molecule has 2 unspecified atom stereocenters. The van der Waals surface area contributed by atoms with Gasteiger partial charge in [-0.1, -0.05) is 52.4 Å². The van der Waals surface area contributed by atoms with E-state index in [0.29, 0.717) is 12.8 Å². The zero-order chi connectivity index (χ0) is 12.4. The third kappa shape index (κ3) is 6.96. The Hall–Kier alpha value is -0.410. The van der Waals surface area contributed by atoms with E-state index in [1.807, 2.05) is 0 Å². The molecule has 2 N–H and O–H groups in total. The van der Waals surface area contributed by atoms with Gasteiger partial charge in [-0.3, -0.25) is 4.79 Å². The van der Waals surface area contributed by atoms with E-state index < -0.39 is 18.0 Å². The quantitative estimate of drug-likeness (QED) is 0.567. The molecule has 3 heteroatoms. The van der Waals surface area contributed by atoms with Crippen LogP contribution in [0.4, 0.5) is 0 Å². The first-order chi connectivity index (χ1) is 7.63. The summed E-state index contributed by atoms with van der Waals surface area (Å²) in [4.78, 5) is 11.5. The van der Waals surface area contributed by atoms with E-state index in [4.69, 9.17) is 0 Å². The minimum atomic E-state index is -0.969. The second-order valence-corrected chi connectivity index (χ2v) is 4.43. The SMILES string of the molecule is CCCCCC(O)C(=O)C(O)CCCCC. The molecule has 0 saturated heterocycles. The molecule has 0 amide bonds. The van der Waals surface area contributed by atoms with E-state index >= 15 is 0 Å². The number of aliphatic hydroxyl groups excluding tert-OH is 2. The molecule has 0 spiro atoms. The van der Waals surface area contributed by atoms with Crippen molar-refractivity contribution in [2.45, 2.75) is 77.4 Å². The number of hydrogen-bond donors (Lipinski definition) is 2. The molecule has 0 aromatic rings. The Bertz CT molecular complexity index is 162. The summed E-state index contributed by atoms with van der Waals surface area (Å²) < 4.78 is 0. The summed E-state index contributed by atoms with van der Waals surface area (Å²) in [5, 5.41) is 19.1. The summed E-state index contributed by atoms with van der Waals surface area (Å²) in [7, 11) is 0. The van der Waals surface area contributed by atoms with E-state index in [1.54, 1.807) is 0 Å². The minimum Gasteiger partial charge on any atom is -0.385 e. The van der Waals surface area contributed by atoms with Crippen LogP contribution in [0.25, 0.3) is 0 Å². The molecule has 0 aromatic carbocycles. The molecule has 0 bridgehead atoms. The van der Waals surface area contributed by atoms with Crippen molar-refractivity contribution >= 4 is 5.78 Å². The molecule has 0 radical (unpaired) electrons. The van der Waals surface area contributed by atoms with Crippen LogP contribution in [0.3, 0.4) is 0 Å². The summed E-state index contributed by atoms with van der Waals surface area (Å²) in [6.07, 6.45) is 4.92. The summed E-state index contributed by atoms with van der Waals surface area (Å²) in [5.41, 5.74) is 0. The summed E-state index contributed by atoms with van der Waals surface area (Å²) in [6, 6.07) is 0. The first-order valence-electron chi connectivity index (χ1n) is 6.53. The zero-order valence-corrected chi connectivity index (χ0v) is 10.6. The van der Waals surface area contributed by atoms with Gasteiger partial charge in [0, 0.05) is 0 Å². The Morgan fingerprint density at radius 3 is 1.56 bits per heavy atom. The third-order valence-electron chi connectivity index (χ3n) is 2.82. The first-order valence-corrected chi connectivity index (χ1v) is 6.53. The van der Waals surface area contributed by atoms with Gasteiger partial charge in [0.25, 0.3) is 0 Å². The van der Waals surface area contributed by atoms with Crippen LogP contribution in [-0.4, -0.2) is 28.2 Å². The summed E-state index contributed by atoms with van der Waals surface area (Å²) in [6.45, 7) is 4.15. The Balaban J connectivity index is 3.73. The lowest BCUT2D eigenvalue weighted by Gasteiger charge is -2.14. The maximum Gasteiger partial charge on any atom is 0.189 e. The van der Waals surface area contributed by atoms with Crippen LogP contribution >= 0.6 is 0 Å². The van der Waals surface area contributed by atoms with Gasteiger partial charge in [-0.2, -0.15) is 0 Å². The average molecular weight is 230 g/mol. The Morgan fingerprint density at radius 1 is 0.875 bits per heavy atom. The van der Waals surface area contributed by atoms with Gasteiger partial charge in [0.05, 0.1) is 0 Å². The predicted octanol–water partition coefficient (Wildman–Crippen LogP) is 2.44. The lowest BCUT2D eigenvalue weighted by Crippen LogP contribution is -2.32. The molecule has 0 aliphatic carbocycles. The maximum absolute atomic E-state index is 11.5. The molecular formula is C13H26O3. The normalized spacial score (nSPS) is 14.8. The molecule has 96 valence electrons. The van der Waals surface area contributed by atoms with Crippen LogP contribution in [0, 0.1) is 0 Å². The molecule has 0 heterocycles. The number of unbranched alkanes of at least 4 members (excludes halogenated alkanes) is 4. The van der Waals surface area contributed by atoms with Crippen LogP contribution < -0.4 is 0 Å². The number of carbonyl (C=O) groups is 1. The fourth-order valence-corrected chi connectivity index (χ4v) is 1.68. The van der Waals surface area contributed by atoms with Gasteiger partial charge in [-0.15, -0.1) is 0 Å². The fourth-order valence-electron chi connectivity index (χ4n) is 1.68. The van der Waals surface area contributed by atoms with Crippen molar-refractivity contribution in [3.05, 3.63) is 0 Å². The number of Topliss-reactive ketones (excluding diaryl/α,β-unsaturated/α-hetero) is 1. The molecule has 3 nitrogen and oxygen atoms in total. The average Bonchev–Trinajstić information content (AvgIpc) is 2.28. The highest BCUT2D eigenvalue weighted by atomic mass is 16.3. The van der Waals surface area contributed by atoms with Gasteiger partial charge >= 0.3 is 0 Å². The largest absolute Gasteiger partial charge is 0.385 e. The smallest absolute Gasteiger partial charge is 0.189 e. The third-order valence-corrected chi connectivity index (χ3v) is 2.82. The number of aliphatic hydroxyl groups is 2. The predicted molar refractivity (Wildman–Crippen MR) is 65.3 cm³/mol. The topological polar surface area (TPSA) is 57.5 Å². The van der Waals surface area contributed by atoms with E-state index in [9.17, 15) is 15.0 Å². The van der Waals surface area contributed by atoms with E-state index in [0.717, 1.165) is 38.5 Å². The highest BCUT2D eigenvalue weighted by Crippen LogP contribution is 2.10. The van der Waals surface area contributed by atoms with Crippen molar-refractivity contribution in [3.63, 3.8) is 0 Å². The highest BCUT2D eigenvalue weighted by Gasteiger charge is 2.22. The molecular weight excluding hydrogens is 204 g/mol. The van der Waals surface area contributed by atoms with Crippen molar-refractivity contribution in [3.8, 4) is 0 Å². The Morgan fingerprint density at radius 2 is 1.25 bits per heavy atom. The molecule has 0 aliphatic rings. The Labute approximate surface area is 98.9 Å². The van der Waals surface area contributed by atoms with Crippen molar-refractivity contribution in [2.75, 3.05) is 0 Å². The lowest BCUT2D eigenvalue weighted by atomic mass is 10.00. The van der Waals surface area contributed by atoms with Crippen LogP contribution in [0.5, 0.6) is 0 Å². The molecule has 2 atom stereocenters. The minimum absolute atomic E-state index is 0.396. The van der Waals surface area contributed by atoms with Crippen LogP contribution in [0.15, 0.2) is 0 Å². The van der Waals surface area contributed by atoms with Crippen molar-refractivity contribution < 1.29 is 15.0 Å². The standard InChI is InChI=1S/C13H26O3/c1-3-5-7-9-11(14)13(16)12(15)10-8-6-4-2/h11-12,14-15H,3-10H2,1-2H3. The van der Waals surface area contributed by atoms with Gasteiger partial charge in [-0.25, -0.2) is 0 Å². The molecule has 0 saturated carbocycles. The van der Waals surface area contributed by atoms with Gasteiger partial charge in [0.15, 0.2) is 5.78 Å². The van der Waals surface area contributed by atoms with E-state index in [2.05, 4.69) is 13.8 Å². The summed E-state index contributed by atoms with van der Waals surface area (Å²) in [5.74, 6) is -0.396. The van der Waals surface area contributed by atoms with E-state index in [1.165, 1.54) is 0 Å². The van der Waals surface area contributed by atoms with Gasteiger partial charge in [0.1, 0.15) is 12.2 Å². The van der Waals surface area contributed by atoms with Crippen molar-refractivity contribution in [1.29, 1.82) is 0 Å². The van der Waals surface area contributed by atoms with Crippen LogP contribution in [0.2, 0.25) is 0 Å². The van der Waals surface area contributed by atoms with Crippen LogP contribution in [0.1, 0.15) is 65.2 Å². The molecule has 0 fully saturated rings. The summed E-state index contributed by atoms with van der Waals surface area (Å²) >= 11 is 0. The van der Waals surface area contributed by atoms with Gasteiger partial charge < -0.3 is 10.2 Å². The van der Waals surface area contributed by atoms with Crippen molar-refractivity contribution in [1.82, 2.24) is 0 Å². The van der Waals surface area contributed by atoms with Gasteiger partial charge in [0.2, 0.25) is 0 Å². The molecule has 0 aliphatic heterocycles. The second kappa shape index (κ2) is 9.79. The molecule has 0 rings (SSSR count). The molecule has 16 heavy (non-hydrogen) atoms. The maximum atomic E-state index is 11.5.